The van der Waals surface area contributed by atoms with Gasteiger partial charge in [-0.25, -0.2) is 9.13 Å². The van der Waals surface area contributed by atoms with Crippen molar-refractivity contribution in [1.29, 1.82) is 0 Å². The Balaban J connectivity index is 4.65. The number of carbonyl (C=O) groups excluding carboxylic acids is 3. The van der Waals surface area contributed by atoms with Crippen LogP contribution in [0.1, 0.15) is 316 Å². The second-order valence-corrected chi connectivity index (χ2v) is 30.1. The number of aliphatic hydroxyl groups excluding tert-OH is 2. The Morgan fingerprint density at radius 3 is 0.785 bits per heavy atom. The molecule has 18 heteroatoms. The molecule has 5 unspecified atom stereocenters. The van der Waals surface area contributed by atoms with Gasteiger partial charge in [0.05, 0.1) is 26.4 Å². The first kappa shape index (κ1) is 102. The van der Waals surface area contributed by atoms with Gasteiger partial charge in [-0.05, 0) is 154 Å². The Morgan fingerprint density at radius 2 is 0.495 bits per heavy atom. The molecule has 0 heterocycles. The van der Waals surface area contributed by atoms with Gasteiger partial charge in [-0.2, -0.15) is 0 Å². The first-order chi connectivity index (χ1) is 52.2. The van der Waals surface area contributed by atoms with Crippen LogP contribution in [0.25, 0.3) is 0 Å². The van der Waals surface area contributed by atoms with Gasteiger partial charge in [0.25, 0.3) is 0 Å². The first-order valence-electron chi connectivity index (χ1n) is 41.4. The summed E-state index contributed by atoms with van der Waals surface area (Å²) < 4.78 is 61.2. The molecule has 610 valence electrons. The van der Waals surface area contributed by atoms with Crippen LogP contribution in [-0.4, -0.2) is 95.9 Å². The quantitative estimate of drug-likeness (QED) is 0.0146. The zero-order valence-corrected chi connectivity index (χ0v) is 68.5. The number of ether oxygens (including phenoxy) is 3. The Labute approximate surface area is 650 Å². The van der Waals surface area contributed by atoms with Crippen LogP contribution in [0.4, 0.5) is 0 Å². The summed E-state index contributed by atoms with van der Waals surface area (Å²) >= 11 is 0. The number of hydrogen-bond donors (Lipinski definition) is 4. The highest BCUT2D eigenvalue weighted by Gasteiger charge is 2.29. The Hall–Kier alpha value is -5.09. The summed E-state index contributed by atoms with van der Waals surface area (Å²) in [5.41, 5.74) is 0. The van der Waals surface area contributed by atoms with Crippen molar-refractivity contribution in [3.8, 4) is 0 Å². The van der Waals surface area contributed by atoms with Gasteiger partial charge in [0.1, 0.15) is 25.4 Å². The average Bonchev–Trinajstić information content (AvgIpc) is 0.929. The maximum absolute atomic E-state index is 13.0. The van der Waals surface area contributed by atoms with E-state index in [1.807, 2.05) is 0 Å². The van der Waals surface area contributed by atoms with E-state index >= 15 is 0 Å². The SMILES string of the molecule is CC/C=C\C/C=C\C/C=C\C/C=C\C/C=C\CCCCCCCC(=O)OCC(COP(=O)(O)OCC(O)COP(=O)(O)OCC(O)COC(=O)CCCCCCCCCCCCCCC/C=C\C/C=C\C/C=C\C/C=C\CCCCC)OC(=O)CCCCCCC/C=C\C/C=C\C/C=C\C/C=C\C/C=C\CC. The maximum atomic E-state index is 13.0. The third-order valence-electron chi connectivity index (χ3n) is 16.9. The fraction of sp³-hybridized carbons (Fsp3) is 0.652. The molecule has 0 saturated carbocycles. The topological polar surface area (TPSA) is 231 Å². The molecule has 0 aromatic carbocycles. The van der Waals surface area contributed by atoms with Gasteiger partial charge in [-0.3, -0.25) is 32.5 Å². The van der Waals surface area contributed by atoms with Gasteiger partial charge < -0.3 is 34.2 Å². The third kappa shape index (κ3) is 81.7. The molecular formula is C89H148O16P2. The molecule has 0 aromatic heterocycles. The fourth-order valence-corrected chi connectivity index (χ4v) is 12.3. The third-order valence-corrected chi connectivity index (χ3v) is 18.8. The van der Waals surface area contributed by atoms with E-state index in [2.05, 4.69) is 191 Å². The van der Waals surface area contributed by atoms with E-state index in [0.717, 1.165) is 173 Å². The van der Waals surface area contributed by atoms with Crippen molar-refractivity contribution in [2.75, 3.05) is 39.6 Å². The predicted molar refractivity (Wildman–Crippen MR) is 445 cm³/mol. The van der Waals surface area contributed by atoms with Crippen LogP contribution in [0.2, 0.25) is 0 Å². The number of hydrogen-bond acceptors (Lipinski definition) is 14. The second kappa shape index (κ2) is 80.4. The summed E-state index contributed by atoms with van der Waals surface area (Å²) in [7, 11) is -9.82. The molecule has 0 spiro atoms. The first-order valence-corrected chi connectivity index (χ1v) is 44.4. The van der Waals surface area contributed by atoms with Crippen LogP contribution in [-0.2, 0) is 55.8 Å². The van der Waals surface area contributed by atoms with Crippen molar-refractivity contribution in [2.24, 2.45) is 0 Å². The fourth-order valence-electron chi connectivity index (χ4n) is 10.7. The van der Waals surface area contributed by atoms with Crippen LogP contribution < -0.4 is 0 Å². The summed E-state index contributed by atoms with van der Waals surface area (Å²) in [5.74, 6) is -1.62. The van der Waals surface area contributed by atoms with Crippen molar-refractivity contribution >= 4 is 33.6 Å². The molecular weight excluding hydrogens is 1390 g/mol. The molecule has 16 nitrogen and oxygen atoms in total. The van der Waals surface area contributed by atoms with Crippen LogP contribution in [0.5, 0.6) is 0 Å². The molecule has 107 heavy (non-hydrogen) atoms. The molecule has 0 aliphatic rings. The van der Waals surface area contributed by atoms with Gasteiger partial charge >= 0.3 is 33.6 Å². The smallest absolute Gasteiger partial charge is 0.463 e. The molecule has 0 rings (SSSR count). The summed E-state index contributed by atoms with van der Waals surface area (Å²) in [6.07, 6.45) is 102. The molecule has 0 aliphatic carbocycles. The minimum Gasteiger partial charge on any atom is -0.463 e. The minimum atomic E-state index is -4.95. The molecule has 0 amide bonds. The Kier molecular flexibility index (Phi) is 76.6. The average molecular weight is 1540 g/mol. The van der Waals surface area contributed by atoms with E-state index in [1.54, 1.807) is 0 Å². The van der Waals surface area contributed by atoms with E-state index in [0.29, 0.717) is 19.3 Å². The lowest BCUT2D eigenvalue weighted by Crippen LogP contribution is -2.30. The van der Waals surface area contributed by atoms with Gasteiger partial charge in [0.2, 0.25) is 0 Å². The number of esters is 3. The summed E-state index contributed by atoms with van der Waals surface area (Å²) in [4.78, 5) is 58.8. The van der Waals surface area contributed by atoms with Crippen molar-refractivity contribution < 1.29 is 75.8 Å². The standard InChI is InChI=1S/C89H148O16P2/c1-4-7-10-13-16-19-22-25-28-31-34-37-38-39-40-41-42-43-44-47-49-51-54-57-60-63-66-69-72-75-87(92)99-78-84(90)79-101-106(95,96)102-80-85(91)81-103-107(97,98)104-83-86(105-89(94)77-74-71-68-65-62-59-56-53-50-46-36-33-30-27-24-21-18-15-12-9-6-3)82-100-88(93)76-73-70-67-64-61-58-55-52-48-45-35-32-29-26-23-20-17-14-11-8-5-2/h8-9,11-12,16-21,25-30,34-37,39-40,45-46,52-53,55-56,84-86,90-91H,4-7,10,13-15,22-24,31-33,38,41-44,47-51,54,57-83H2,1-3H3,(H,95,96)(H,97,98)/b11-8-,12-9-,19-16-,20-17-,21-18-,28-25-,29-26-,30-27-,37-34-,40-39-,45-35-,46-36-,55-52-,56-53-. The molecule has 0 saturated heterocycles. The van der Waals surface area contributed by atoms with Crippen LogP contribution in [0.15, 0.2) is 170 Å². The number of phosphoric ester groups is 2. The van der Waals surface area contributed by atoms with Gasteiger partial charge in [-0.1, -0.05) is 313 Å². The van der Waals surface area contributed by atoms with Gasteiger partial charge in [0, 0.05) is 19.3 Å². The monoisotopic (exact) mass is 1540 g/mol. The number of unbranched alkanes of at least 4 members (excludes halogenated alkanes) is 26. The molecule has 0 radical (unpaired) electrons. The largest absolute Gasteiger partial charge is 0.472 e. The van der Waals surface area contributed by atoms with E-state index in [9.17, 15) is 43.5 Å². The Bertz CT molecular complexity index is 2620. The lowest BCUT2D eigenvalue weighted by Gasteiger charge is -2.21. The van der Waals surface area contributed by atoms with E-state index in [1.165, 1.54) is 83.5 Å². The van der Waals surface area contributed by atoms with Crippen molar-refractivity contribution in [2.45, 2.75) is 334 Å². The summed E-state index contributed by atoms with van der Waals surface area (Å²) in [6, 6.07) is 0. The van der Waals surface area contributed by atoms with Crippen LogP contribution in [0, 0.1) is 0 Å². The number of aliphatic hydroxyl groups is 2. The zero-order valence-electron chi connectivity index (χ0n) is 66.7. The molecule has 5 atom stereocenters. The molecule has 4 N–H and O–H groups in total. The molecule has 0 fully saturated rings. The second-order valence-electron chi connectivity index (χ2n) is 27.2. The number of phosphoric acid groups is 2. The van der Waals surface area contributed by atoms with Gasteiger partial charge in [0.15, 0.2) is 6.10 Å². The highest BCUT2D eigenvalue weighted by Crippen LogP contribution is 2.45. The van der Waals surface area contributed by atoms with E-state index < -0.39 is 91.5 Å². The maximum Gasteiger partial charge on any atom is 0.472 e. The molecule has 0 bridgehead atoms. The number of carbonyl (C=O) groups is 3. The lowest BCUT2D eigenvalue weighted by atomic mass is 10.0. The summed E-state index contributed by atoms with van der Waals surface area (Å²) in [6.45, 7) is 2.38. The lowest BCUT2D eigenvalue weighted by molar-refractivity contribution is -0.161. The highest BCUT2D eigenvalue weighted by atomic mass is 31.2. The van der Waals surface area contributed by atoms with E-state index in [-0.39, 0.29) is 19.3 Å². The zero-order chi connectivity index (χ0) is 78.0. The van der Waals surface area contributed by atoms with Gasteiger partial charge in [-0.15, -0.1) is 0 Å². The number of rotatable bonds is 77. The predicted octanol–water partition coefficient (Wildman–Crippen LogP) is 24.8. The van der Waals surface area contributed by atoms with Crippen LogP contribution >= 0.6 is 15.6 Å². The molecule has 0 aliphatic heterocycles. The van der Waals surface area contributed by atoms with Crippen molar-refractivity contribution in [3.05, 3.63) is 170 Å². The Morgan fingerprint density at radius 1 is 0.271 bits per heavy atom. The van der Waals surface area contributed by atoms with Crippen molar-refractivity contribution in [3.63, 3.8) is 0 Å². The minimum absolute atomic E-state index is 0.0713. The van der Waals surface area contributed by atoms with E-state index in [4.69, 9.17) is 32.3 Å². The normalized spacial score (nSPS) is 14.8. The summed E-state index contributed by atoms with van der Waals surface area (Å²) in [5, 5.41) is 20.7. The highest BCUT2D eigenvalue weighted by molar-refractivity contribution is 7.47. The number of allylic oxidation sites excluding steroid dienone is 28. The van der Waals surface area contributed by atoms with Crippen LogP contribution in [0.3, 0.4) is 0 Å². The van der Waals surface area contributed by atoms with Crippen molar-refractivity contribution in [1.82, 2.24) is 0 Å². The molecule has 0 aromatic rings.